The number of aromatic nitrogens is 2. The van der Waals surface area contributed by atoms with Gasteiger partial charge in [0, 0.05) is 11.8 Å². The Morgan fingerprint density at radius 2 is 1.77 bits per heavy atom. The number of aryl methyl sites for hydroxylation is 2. The topological polar surface area (TPSA) is 90.7 Å². The van der Waals surface area contributed by atoms with Crippen molar-refractivity contribution in [3.63, 3.8) is 0 Å². The number of anilines is 3. The summed E-state index contributed by atoms with van der Waals surface area (Å²) in [4.78, 5) is 20.7. The van der Waals surface area contributed by atoms with Crippen molar-refractivity contribution in [2.45, 2.75) is 13.8 Å². The van der Waals surface area contributed by atoms with Crippen LogP contribution in [0.15, 0.2) is 54.9 Å². The zero-order valence-corrected chi connectivity index (χ0v) is 14.4. The first kappa shape index (κ1) is 17.1. The van der Waals surface area contributed by atoms with Gasteiger partial charge in [-0.1, -0.05) is 30.3 Å². The second-order valence-corrected chi connectivity index (χ2v) is 5.79. The van der Waals surface area contributed by atoms with Gasteiger partial charge in [-0.05, 0) is 37.1 Å². The molecule has 0 spiro atoms. The largest absolute Gasteiger partial charge is 0.340 e. The van der Waals surface area contributed by atoms with Crippen molar-refractivity contribution in [1.29, 1.82) is 5.26 Å². The number of carbonyl (C=O) groups is 1. The van der Waals surface area contributed by atoms with Gasteiger partial charge in [-0.3, -0.25) is 4.79 Å². The number of hydrogen-bond donors (Lipinski definition) is 2. The quantitative estimate of drug-likeness (QED) is 0.748. The lowest BCUT2D eigenvalue weighted by Crippen LogP contribution is -2.15. The molecule has 0 radical (unpaired) electrons. The maximum Gasteiger partial charge on any atom is 0.274 e. The van der Waals surface area contributed by atoms with Crippen molar-refractivity contribution in [1.82, 2.24) is 9.97 Å². The van der Waals surface area contributed by atoms with Crippen molar-refractivity contribution >= 4 is 23.1 Å². The third-order valence-electron chi connectivity index (χ3n) is 3.93. The fraction of sp³-hybridized carbons (Fsp3) is 0.100. The molecule has 1 heterocycles. The number of nitrogens with zero attached hydrogens (tertiary/aromatic N) is 3. The van der Waals surface area contributed by atoms with E-state index in [0.717, 1.165) is 16.8 Å². The molecule has 26 heavy (non-hydrogen) atoms. The summed E-state index contributed by atoms with van der Waals surface area (Å²) in [6.07, 6.45) is 1.33. The van der Waals surface area contributed by atoms with Gasteiger partial charge in [-0.15, -0.1) is 0 Å². The van der Waals surface area contributed by atoms with Gasteiger partial charge in [-0.25, -0.2) is 9.97 Å². The van der Waals surface area contributed by atoms with Crippen LogP contribution in [0.1, 0.15) is 27.2 Å². The monoisotopic (exact) mass is 343 g/mol. The SMILES string of the molecule is Cc1cccc(C)c1Nc1cc(C(=O)Nc2ccccc2C#N)ncn1. The second kappa shape index (κ2) is 7.45. The van der Waals surface area contributed by atoms with E-state index >= 15 is 0 Å². The smallest absolute Gasteiger partial charge is 0.274 e. The predicted octanol–water partition coefficient (Wildman–Crippen LogP) is 3.96. The Morgan fingerprint density at radius 3 is 2.50 bits per heavy atom. The van der Waals surface area contributed by atoms with E-state index < -0.39 is 5.91 Å². The number of nitriles is 1. The number of para-hydroxylation sites is 2. The lowest BCUT2D eigenvalue weighted by atomic mass is 10.1. The number of carbonyl (C=O) groups excluding carboxylic acids is 1. The van der Waals surface area contributed by atoms with Gasteiger partial charge in [0.05, 0.1) is 11.3 Å². The van der Waals surface area contributed by atoms with Crippen molar-refractivity contribution in [3.05, 3.63) is 77.2 Å². The van der Waals surface area contributed by atoms with E-state index in [-0.39, 0.29) is 5.69 Å². The highest BCUT2D eigenvalue weighted by molar-refractivity contribution is 6.04. The van der Waals surface area contributed by atoms with Gasteiger partial charge in [-0.2, -0.15) is 5.26 Å². The summed E-state index contributed by atoms with van der Waals surface area (Å²) in [6, 6.07) is 16.4. The van der Waals surface area contributed by atoms with Gasteiger partial charge >= 0.3 is 0 Å². The molecule has 0 aliphatic rings. The highest BCUT2D eigenvalue weighted by atomic mass is 16.1. The van der Waals surface area contributed by atoms with Gasteiger partial charge < -0.3 is 10.6 Å². The standard InChI is InChI=1S/C20H17N5O/c1-13-6-5-7-14(2)19(13)25-18-10-17(22-12-23-18)20(26)24-16-9-4-3-8-15(16)11-21/h3-10,12H,1-2H3,(H,24,26)(H,22,23,25). The van der Waals surface area contributed by atoms with Crippen molar-refractivity contribution in [3.8, 4) is 6.07 Å². The number of amides is 1. The molecule has 6 nitrogen and oxygen atoms in total. The first-order valence-corrected chi connectivity index (χ1v) is 8.04. The summed E-state index contributed by atoms with van der Waals surface area (Å²) in [5.41, 5.74) is 4.16. The third kappa shape index (κ3) is 3.68. The molecule has 2 N–H and O–H groups in total. The van der Waals surface area contributed by atoms with Gasteiger partial charge in [0.25, 0.3) is 5.91 Å². The van der Waals surface area contributed by atoms with Crippen LogP contribution in [0.25, 0.3) is 0 Å². The molecule has 0 bridgehead atoms. The number of benzene rings is 2. The molecule has 3 rings (SSSR count). The summed E-state index contributed by atoms with van der Waals surface area (Å²) >= 11 is 0. The van der Waals surface area contributed by atoms with Crippen LogP contribution in [0.5, 0.6) is 0 Å². The van der Waals surface area contributed by atoms with E-state index in [1.165, 1.54) is 6.33 Å². The Balaban J connectivity index is 1.83. The molecule has 1 aromatic heterocycles. The maximum atomic E-state index is 12.5. The van der Waals surface area contributed by atoms with E-state index in [4.69, 9.17) is 5.26 Å². The van der Waals surface area contributed by atoms with E-state index in [2.05, 4.69) is 20.6 Å². The molecular weight excluding hydrogens is 326 g/mol. The Kier molecular flexibility index (Phi) is 4.90. The average molecular weight is 343 g/mol. The van der Waals surface area contributed by atoms with Crippen LogP contribution in [0.3, 0.4) is 0 Å². The second-order valence-electron chi connectivity index (χ2n) is 5.79. The zero-order chi connectivity index (χ0) is 18.5. The van der Waals surface area contributed by atoms with Crippen molar-refractivity contribution < 1.29 is 4.79 Å². The zero-order valence-electron chi connectivity index (χ0n) is 14.4. The number of hydrogen-bond acceptors (Lipinski definition) is 5. The third-order valence-corrected chi connectivity index (χ3v) is 3.93. The molecule has 128 valence electrons. The molecule has 0 aliphatic carbocycles. The fourth-order valence-electron chi connectivity index (χ4n) is 2.57. The van der Waals surface area contributed by atoms with Crippen molar-refractivity contribution in [2.24, 2.45) is 0 Å². The average Bonchev–Trinajstić information content (AvgIpc) is 2.65. The number of nitrogens with one attached hydrogen (secondary N) is 2. The van der Waals surface area contributed by atoms with Crippen LogP contribution in [0.4, 0.5) is 17.2 Å². The molecule has 2 aromatic carbocycles. The molecule has 0 unspecified atom stereocenters. The Morgan fingerprint density at radius 1 is 1.04 bits per heavy atom. The Labute approximate surface area is 151 Å². The molecule has 3 aromatic rings. The van der Waals surface area contributed by atoms with Crippen LogP contribution in [0, 0.1) is 25.2 Å². The van der Waals surface area contributed by atoms with E-state index in [1.807, 2.05) is 38.1 Å². The first-order valence-electron chi connectivity index (χ1n) is 8.04. The molecule has 6 heteroatoms. The first-order chi connectivity index (χ1) is 12.6. The van der Waals surface area contributed by atoms with Crippen LogP contribution < -0.4 is 10.6 Å². The van der Waals surface area contributed by atoms with Crippen molar-refractivity contribution in [2.75, 3.05) is 10.6 Å². The molecule has 0 saturated carbocycles. The molecule has 0 saturated heterocycles. The fourth-order valence-corrected chi connectivity index (χ4v) is 2.57. The summed E-state index contributed by atoms with van der Waals surface area (Å²) < 4.78 is 0. The van der Waals surface area contributed by atoms with Crippen LogP contribution in [0.2, 0.25) is 0 Å². The molecule has 0 fully saturated rings. The lowest BCUT2D eigenvalue weighted by Gasteiger charge is -2.12. The molecule has 0 aliphatic heterocycles. The maximum absolute atomic E-state index is 12.5. The Bertz CT molecular complexity index is 987. The summed E-state index contributed by atoms with van der Waals surface area (Å²) in [5.74, 6) is 0.121. The van der Waals surface area contributed by atoms with Crippen LogP contribution in [-0.2, 0) is 0 Å². The van der Waals surface area contributed by atoms with E-state index in [0.29, 0.717) is 17.1 Å². The summed E-state index contributed by atoms with van der Waals surface area (Å²) in [5, 5.41) is 15.1. The summed E-state index contributed by atoms with van der Waals surface area (Å²) in [7, 11) is 0. The molecule has 1 amide bonds. The van der Waals surface area contributed by atoms with Gasteiger partial charge in [0.2, 0.25) is 0 Å². The minimum atomic E-state index is -0.403. The Hall–Kier alpha value is -3.72. The number of rotatable bonds is 4. The molecule has 0 atom stereocenters. The van der Waals surface area contributed by atoms with E-state index in [9.17, 15) is 4.79 Å². The van der Waals surface area contributed by atoms with E-state index in [1.54, 1.807) is 30.3 Å². The minimum absolute atomic E-state index is 0.210. The highest BCUT2D eigenvalue weighted by Gasteiger charge is 2.12. The molecular formula is C20H17N5O. The highest BCUT2D eigenvalue weighted by Crippen LogP contribution is 2.23. The van der Waals surface area contributed by atoms with Crippen LogP contribution >= 0.6 is 0 Å². The predicted molar refractivity (Wildman–Crippen MR) is 100 cm³/mol. The summed E-state index contributed by atoms with van der Waals surface area (Å²) in [6.45, 7) is 4.01. The lowest BCUT2D eigenvalue weighted by molar-refractivity contribution is 0.102. The minimum Gasteiger partial charge on any atom is -0.340 e. The normalized spacial score (nSPS) is 10.0. The van der Waals surface area contributed by atoms with Gasteiger partial charge in [0.15, 0.2) is 0 Å². The van der Waals surface area contributed by atoms with Crippen LogP contribution in [-0.4, -0.2) is 15.9 Å². The van der Waals surface area contributed by atoms with Gasteiger partial charge in [0.1, 0.15) is 23.9 Å².